The fourth-order valence-electron chi connectivity index (χ4n) is 3.99. The molecular formula is C19H29N3O4S. The zero-order chi connectivity index (χ0) is 19.0. The number of amides is 1. The van der Waals surface area contributed by atoms with Crippen molar-refractivity contribution in [2.45, 2.75) is 56.4 Å². The molecule has 3 heterocycles. The predicted octanol–water partition coefficient (Wildman–Crippen LogP) is 1.98. The van der Waals surface area contributed by atoms with E-state index in [1.807, 2.05) is 0 Å². The van der Waals surface area contributed by atoms with Gasteiger partial charge in [0.05, 0.1) is 0 Å². The summed E-state index contributed by atoms with van der Waals surface area (Å²) in [5, 5.41) is 3.60. The zero-order valence-corrected chi connectivity index (χ0v) is 16.8. The minimum atomic E-state index is -3.57. The van der Waals surface area contributed by atoms with Crippen LogP contribution in [-0.2, 0) is 10.0 Å². The highest BCUT2D eigenvalue weighted by molar-refractivity contribution is 7.89. The zero-order valence-electron chi connectivity index (χ0n) is 15.9. The Morgan fingerprint density at radius 2 is 1.81 bits per heavy atom. The molecular weight excluding hydrogens is 366 g/mol. The molecule has 1 aromatic rings. The van der Waals surface area contributed by atoms with E-state index in [1.165, 1.54) is 23.2 Å². The number of hydrogen-bond acceptors (Lipinski definition) is 5. The van der Waals surface area contributed by atoms with Crippen LogP contribution >= 0.6 is 0 Å². The van der Waals surface area contributed by atoms with Crippen LogP contribution in [0.3, 0.4) is 0 Å². The summed E-state index contributed by atoms with van der Waals surface area (Å²) in [6.07, 6.45) is 6.29. The Morgan fingerprint density at radius 3 is 2.44 bits per heavy atom. The van der Waals surface area contributed by atoms with Crippen molar-refractivity contribution >= 4 is 15.9 Å². The van der Waals surface area contributed by atoms with Crippen LogP contribution in [-0.4, -0.2) is 62.3 Å². The van der Waals surface area contributed by atoms with Crippen LogP contribution in [0.15, 0.2) is 15.4 Å². The maximum absolute atomic E-state index is 12.8. The standard InChI is InChI=1S/C19H29N3O4S/c1-14-18(27(24,25)22-8-2-3-9-22)12-17(26-14)19(23)21-10-6-16(7-11-21)20-13-15-4-5-15/h12,15-16,20H,2-11,13H2,1H3. The second kappa shape index (κ2) is 7.56. The second-order valence-corrected chi connectivity index (χ2v) is 9.97. The van der Waals surface area contributed by atoms with Gasteiger partial charge in [-0.05, 0) is 57.9 Å². The van der Waals surface area contributed by atoms with Crippen LogP contribution in [0.25, 0.3) is 0 Å². The molecule has 27 heavy (non-hydrogen) atoms. The lowest BCUT2D eigenvalue weighted by Gasteiger charge is -2.32. The van der Waals surface area contributed by atoms with Crippen LogP contribution < -0.4 is 5.32 Å². The monoisotopic (exact) mass is 395 g/mol. The number of piperidine rings is 1. The molecule has 8 heteroatoms. The largest absolute Gasteiger partial charge is 0.455 e. The fourth-order valence-corrected chi connectivity index (χ4v) is 5.67. The quantitative estimate of drug-likeness (QED) is 0.796. The molecule has 1 saturated carbocycles. The second-order valence-electron chi connectivity index (χ2n) is 8.06. The first-order chi connectivity index (χ1) is 12.9. The van der Waals surface area contributed by atoms with Gasteiger partial charge in [0.2, 0.25) is 10.0 Å². The molecule has 0 radical (unpaired) electrons. The molecule has 3 fully saturated rings. The Morgan fingerprint density at radius 1 is 1.15 bits per heavy atom. The summed E-state index contributed by atoms with van der Waals surface area (Å²) in [6.45, 7) is 5.14. The van der Waals surface area contributed by atoms with Gasteiger partial charge in [0.1, 0.15) is 10.7 Å². The van der Waals surface area contributed by atoms with Crippen molar-refractivity contribution in [3.63, 3.8) is 0 Å². The normalized spacial score (nSPS) is 22.5. The SMILES string of the molecule is Cc1oc(C(=O)N2CCC(NCC3CC3)CC2)cc1S(=O)(=O)N1CCCC1. The number of sulfonamides is 1. The van der Waals surface area contributed by atoms with Gasteiger partial charge in [-0.3, -0.25) is 4.79 Å². The van der Waals surface area contributed by atoms with Crippen molar-refractivity contribution < 1.29 is 17.6 Å². The van der Waals surface area contributed by atoms with E-state index in [1.54, 1.807) is 11.8 Å². The third kappa shape index (κ3) is 4.07. The van der Waals surface area contributed by atoms with E-state index in [-0.39, 0.29) is 16.6 Å². The van der Waals surface area contributed by atoms with Crippen molar-refractivity contribution in [2.75, 3.05) is 32.7 Å². The molecule has 0 aromatic carbocycles. The molecule has 4 rings (SSSR count). The first kappa shape index (κ1) is 19.0. The minimum absolute atomic E-state index is 0.133. The van der Waals surface area contributed by atoms with E-state index in [0.717, 1.165) is 38.1 Å². The number of nitrogens with zero attached hydrogens (tertiary/aromatic N) is 2. The lowest BCUT2D eigenvalue weighted by molar-refractivity contribution is 0.0671. The van der Waals surface area contributed by atoms with Crippen molar-refractivity contribution in [1.82, 2.24) is 14.5 Å². The molecule has 150 valence electrons. The molecule has 0 atom stereocenters. The number of furan rings is 1. The van der Waals surface area contributed by atoms with Crippen LogP contribution in [0, 0.1) is 12.8 Å². The average molecular weight is 396 g/mol. The van der Waals surface area contributed by atoms with E-state index in [9.17, 15) is 13.2 Å². The number of hydrogen-bond donors (Lipinski definition) is 1. The van der Waals surface area contributed by atoms with Gasteiger partial charge in [-0.25, -0.2) is 8.42 Å². The maximum Gasteiger partial charge on any atom is 0.289 e. The van der Waals surface area contributed by atoms with Gasteiger partial charge in [0.15, 0.2) is 5.76 Å². The summed E-state index contributed by atoms with van der Waals surface area (Å²) in [5.74, 6) is 1.08. The summed E-state index contributed by atoms with van der Waals surface area (Å²) in [7, 11) is -3.57. The highest BCUT2D eigenvalue weighted by Gasteiger charge is 2.33. The molecule has 1 N–H and O–H groups in total. The number of carbonyl (C=O) groups excluding carboxylic acids is 1. The Labute approximate surface area is 161 Å². The molecule has 2 saturated heterocycles. The van der Waals surface area contributed by atoms with Gasteiger partial charge in [-0.15, -0.1) is 0 Å². The van der Waals surface area contributed by atoms with E-state index in [0.29, 0.717) is 38.0 Å². The number of carbonyl (C=O) groups is 1. The van der Waals surface area contributed by atoms with Crippen LogP contribution in [0.5, 0.6) is 0 Å². The lowest BCUT2D eigenvalue weighted by Crippen LogP contribution is -2.45. The molecule has 1 aliphatic carbocycles. The van der Waals surface area contributed by atoms with E-state index < -0.39 is 10.0 Å². The maximum atomic E-state index is 12.8. The van der Waals surface area contributed by atoms with Gasteiger partial charge in [-0.2, -0.15) is 4.31 Å². The molecule has 0 unspecified atom stereocenters. The Bertz CT molecular complexity index is 786. The van der Waals surface area contributed by atoms with Gasteiger partial charge in [0, 0.05) is 38.3 Å². The Hall–Kier alpha value is -1.38. The van der Waals surface area contributed by atoms with Gasteiger partial charge in [0.25, 0.3) is 5.91 Å². The Balaban J connectivity index is 1.39. The molecule has 3 aliphatic rings. The molecule has 7 nitrogen and oxygen atoms in total. The minimum Gasteiger partial charge on any atom is -0.455 e. The van der Waals surface area contributed by atoms with Crippen molar-refractivity contribution in [2.24, 2.45) is 5.92 Å². The summed E-state index contributed by atoms with van der Waals surface area (Å²) in [6, 6.07) is 1.89. The van der Waals surface area contributed by atoms with Gasteiger partial charge < -0.3 is 14.6 Å². The number of likely N-dealkylation sites (tertiary alicyclic amines) is 1. The summed E-state index contributed by atoms with van der Waals surface area (Å²) in [4.78, 5) is 14.7. The average Bonchev–Trinajstić information content (AvgIpc) is 3.15. The van der Waals surface area contributed by atoms with Crippen molar-refractivity contribution in [3.8, 4) is 0 Å². The first-order valence-corrected chi connectivity index (χ1v) is 11.5. The van der Waals surface area contributed by atoms with E-state index in [2.05, 4.69) is 5.32 Å². The van der Waals surface area contributed by atoms with Gasteiger partial charge in [-0.1, -0.05) is 0 Å². The number of rotatable bonds is 6. The highest BCUT2D eigenvalue weighted by Crippen LogP contribution is 2.29. The summed E-state index contributed by atoms with van der Waals surface area (Å²) < 4.78 is 32.6. The van der Waals surface area contributed by atoms with Crippen LogP contribution in [0.1, 0.15) is 54.8 Å². The van der Waals surface area contributed by atoms with E-state index >= 15 is 0 Å². The van der Waals surface area contributed by atoms with E-state index in [4.69, 9.17) is 4.42 Å². The molecule has 0 spiro atoms. The third-order valence-electron chi connectivity index (χ3n) is 5.94. The Kier molecular flexibility index (Phi) is 5.31. The molecule has 2 aliphatic heterocycles. The van der Waals surface area contributed by atoms with Gasteiger partial charge >= 0.3 is 0 Å². The predicted molar refractivity (Wildman–Crippen MR) is 101 cm³/mol. The fraction of sp³-hybridized carbons (Fsp3) is 0.737. The molecule has 1 amide bonds. The van der Waals surface area contributed by atoms with Crippen molar-refractivity contribution in [3.05, 3.63) is 17.6 Å². The lowest BCUT2D eigenvalue weighted by atomic mass is 10.0. The number of nitrogens with one attached hydrogen (secondary N) is 1. The smallest absolute Gasteiger partial charge is 0.289 e. The van der Waals surface area contributed by atoms with Crippen LogP contribution in [0.2, 0.25) is 0 Å². The summed E-state index contributed by atoms with van der Waals surface area (Å²) in [5.41, 5.74) is 0. The summed E-state index contributed by atoms with van der Waals surface area (Å²) >= 11 is 0. The third-order valence-corrected chi connectivity index (χ3v) is 7.95. The topological polar surface area (TPSA) is 82.9 Å². The van der Waals surface area contributed by atoms with Crippen molar-refractivity contribution in [1.29, 1.82) is 0 Å². The molecule has 1 aromatic heterocycles. The van der Waals surface area contributed by atoms with Crippen LogP contribution in [0.4, 0.5) is 0 Å². The molecule has 0 bridgehead atoms. The number of aryl methyl sites for hydroxylation is 1. The highest BCUT2D eigenvalue weighted by atomic mass is 32.2. The first-order valence-electron chi connectivity index (χ1n) is 10.1.